The van der Waals surface area contributed by atoms with Crippen LogP contribution in [0.1, 0.15) is 69.6 Å². The van der Waals surface area contributed by atoms with Crippen molar-refractivity contribution in [1.29, 1.82) is 0 Å². The summed E-state index contributed by atoms with van der Waals surface area (Å²) in [7, 11) is 0. The molecule has 0 fully saturated rings. The van der Waals surface area contributed by atoms with E-state index in [4.69, 9.17) is 22.2 Å². The van der Waals surface area contributed by atoms with E-state index in [1.54, 1.807) is 0 Å². The topological polar surface area (TPSA) is 90.9 Å². The lowest BCUT2D eigenvalue weighted by molar-refractivity contribution is 0.503. The Kier molecular flexibility index (Phi) is 6.75. The van der Waals surface area contributed by atoms with Crippen LogP contribution in [0.3, 0.4) is 0 Å². The minimum Gasteiger partial charge on any atom is -0.330 e. The summed E-state index contributed by atoms with van der Waals surface area (Å²) in [5.41, 5.74) is 23.9. The second-order valence-corrected chi connectivity index (χ2v) is 8.36. The fraction of sp³-hybridized carbons (Fsp3) is 0.737. The van der Waals surface area contributed by atoms with Crippen LogP contribution in [-0.4, -0.2) is 24.6 Å². The number of nitrogens with two attached hydrogens (primary N) is 3. The highest BCUT2D eigenvalue weighted by molar-refractivity contribution is 5.47. The van der Waals surface area contributed by atoms with Gasteiger partial charge in [0, 0.05) is 17.5 Å². The van der Waals surface area contributed by atoms with E-state index in [1.807, 2.05) is 0 Å². The number of nitrogens with zero attached hydrogens (tertiary/aromatic N) is 1. The Bertz CT molecular complexity index is 522. The number of aromatic nitrogens is 1. The summed E-state index contributed by atoms with van der Waals surface area (Å²) >= 11 is 0. The standard InChI is InChI=1S/C19H36N4/c1-18(2,3)16-14(8-11-21)13(7-10-20)15(9-12-22)23-17(16)19(4,5)6/h7-12,20-22H2,1-6H3. The summed E-state index contributed by atoms with van der Waals surface area (Å²) in [4.78, 5) is 5.09. The molecule has 0 aliphatic heterocycles. The van der Waals surface area contributed by atoms with E-state index >= 15 is 0 Å². The highest BCUT2D eigenvalue weighted by Crippen LogP contribution is 2.37. The van der Waals surface area contributed by atoms with Gasteiger partial charge in [0.1, 0.15) is 0 Å². The van der Waals surface area contributed by atoms with Crippen LogP contribution in [0, 0.1) is 0 Å². The molecule has 1 aromatic rings. The molecule has 0 atom stereocenters. The third-order valence-corrected chi connectivity index (χ3v) is 4.13. The molecule has 0 saturated carbocycles. The van der Waals surface area contributed by atoms with Crippen LogP contribution in [0.4, 0.5) is 0 Å². The third-order valence-electron chi connectivity index (χ3n) is 4.13. The summed E-state index contributed by atoms with van der Waals surface area (Å²) in [5.74, 6) is 0. The van der Waals surface area contributed by atoms with E-state index < -0.39 is 0 Å². The first-order valence-electron chi connectivity index (χ1n) is 8.73. The van der Waals surface area contributed by atoms with Crippen molar-refractivity contribution in [2.75, 3.05) is 19.6 Å². The monoisotopic (exact) mass is 320 g/mol. The summed E-state index contributed by atoms with van der Waals surface area (Å²) in [6, 6.07) is 0. The van der Waals surface area contributed by atoms with Gasteiger partial charge in [-0.05, 0) is 54.6 Å². The van der Waals surface area contributed by atoms with Gasteiger partial charge in [0.15, 0.2) is 0 Å². The van der Waals surface area contributed by atoms with Gasteiger partial charge in [-0.3, -0.25) is 4.98 Å². The van der Waals surface area contributed by atoms with Gasteiger partial charge in [0.25, 0.3) is 0 Å². The van der Waals surface area contributed by atoms with Crippen molar-refractivity contribution in [2.45, 2.75) is 71.6 Å². The van der Waals surface area contributed by atoms with E-state index in [9.17, 15) is 0 Å². The Morgan fingerprint density at radius 1 is 0.696 bits per heavy atom. The van der Waals surface area contributed by atoms with Gasteiger partial charge in [-0.2, -0.15) is 0 Å². The maximum atomic E-state index is 5.94. The molecule has 1 aromatic heterocycles. The van der Waals surface area contributed by atoms with Crippen LogP contribution in [0.25, 0.3) is 0 Å². The molecule has 6 N–H and O–H groups in total. The van der Waals surface area contributed by atoms with Crippen LogP contribution in [0.5, 0.6) is 0 Å². The molecule has 1 rings (SSSR count). The molecule has 0 unspecified atom stereocenters. The van der Waals surface area contributed by atoms with Crippen LogP contribution in [0.2, 0.25) is 0 Å². The van der Waals surface area contributed by atoms with Crippen LogP contribution < -0.4 is 17.2 Å². The summed E-state index contributed by atoms with van der Waals surface area (Å²) < 4.78 is 0. The maximum absolute atomic E-state index is 5.94. The Morgan fingerprint density at radius 2 is 1.17 bits per heavy atom. The fourth-order valence-corrected chi connectivity index (χ4v) is 3.28. The van der Waals surface area contributed by atoms with Crippen molar-refractivity contribution >= 4 is 0 Å². The van der Waals surface area contributed by atoms with Crippen LogP contribution in [-0.2, 0) is 30.1 Å². The van der Waals surface area contributed by atoms with E-state index in [2.05, 4.69) is 41.5 Å². The zero-order valence-electron chi connectivity index (χ0n) is 15.9. The zero-order valence-corrected chi connectivity index (χ0v) is 15.9. The predicted octanol–water partition coefficient (Wildman–Crippen LogP) is 2.18. The van der Waals surface area contributed by atoms with Crippen molar-refractivity contribution in [2.24, 2.45) is 17.2 Å². The SMILES string of the molecule is CC(C)(C)c1nc(CCN)c(CCN)c(CCN)c1C(C)(C)C. The van der Waals surface area contributed by atoms with Crippen LogP contribution in [0.15, 0.2) is 0 Å². The molecule has 0 aliphatic carbocycles. The highest BCUT2D eigenvalue weighted by atomic mass is 14.8. The molecule has 0 aromatic carbocycles. The first-order valence-corrected chi connectivity index (χ1v) is 8.73. The molecule has 1 heterocycles. The Labute approximate surface area is 142 Å². The molecule has 0 spiro atoms. The average Bonchev–Trinajstić information content (AvgIpc) is 2.39. The molecule has 132 valence electrons. The van der Waals surface area contributed by atoms with Crippen LogP contribution >= 0.6 is 0 Å². The lowest BCUT2D eigenvalue weighted by Crippen LogP contribution is -2.29. The summed E-state index contributed by atoms with van der Waals surface area (Å²) in [5, 5.41) is 0. The number of rotatable bonds is 6. The molecular formula is C19H36N4. The summed E-state index contributed by atoms with van der Waals surface area (Å²) in [6.07, 6.45) is 2.50. The second kappa shape index (κ2) is 7.73. The molecular weight excluding hydrogens is 284 g/mol. The lowest BCUT2D eigenvalue weighted by atomic mass is 9.73. The maximum Gasteiger partial charge on any atom is 0.0500 e. The molecule has 0 saturated heterocycles. The van der Waals surface area contributed by atoms with Gasteiger partial charge in [0.2, 0.25) is 0 Å². The van der Waals surface area contributed by atoms with Gasteiger partial charge in [0.05, 0.1) is 5.69 Å². The van der Waals surface area contributed by atoms with E-state index in [1.165, 1.54) is 22.4 Å². The molecule has 4 heteroatoms. The van der Waals surface area contributed by atoms with E-state index in [0.717, 1.165) is 25.0 Å². The van der Waals surface area contributed by atoms with E-state index in [0.29, 0.717) is 19.6 Å². The molecule has 0 radical (unpaired) electrons. The van der Waals surface area contributed by atoms with Gasteiger partial charge in [-0.1, -0.05) is 41.5 Å². The molecule has 0 amide bonds. The minimum absolute atomic E-state index is 0.0173. The smallest absolute Gasteiger partial charge is 0.0500 e. The van der Waals surface area contributed by atoms with Gasteiger partial charge in [-0.25, -0.2) is 0 Å². The zero-order chi connectivity index (χ0) is 17.8. The highest BCUT2D eigenvalue weighted by Gasteiger charge is 2.31. The summed E-state index contributed by atoms with van der Waals surface area (Å²) in [6.45, 7) is 15.3. The Morgan fingerprint density at radius 3 is 1.57 bits per heavy atom. The van der Waals surface area contributed by atoms with Gasteiger partial charge < -0.3 is 17.2 Å². The Hall–Kier alpha value is -0.970. The average molecular weight is 321 g/mol. The van der Waals surface area contributed by atoms with Crippen molar-refractivity contribution < 1.29 is 0 Å². The molecule has 0 bridgehead atoms. The first kappa shape index (κ1) is 20.1. The van der Waals surface area contributed by atoms with Crippen molar-refractivity contribution in [1.82, 2.24) is 4.98 Å². The molecule has 0 aliphatic rings. The molecule has 23 heavy (non-hydrogen) atoms. The van der Waals surface area contributed by atoms with Gasteiger partial charge >= 0.3 is 0 Å². The van der Waals surface area contributed by atoms with Gasteiger partial charge in [-0.15, -0.1) is 0 Å². The van der Waals surface area contributed by atoms with E-state index in [-0.39, 0.29) is 10.8 Å². The second-order valence-electron chi connectivity index (χ2n) is 8.36. The lowest BCUT2D eigenvalue weighted by Gasteiger charge is -2.34. The first-order chi connectivity index (χ1) is 10.6. The Balaban J connectivity index is 3.83. The largest absolute Gasteiger partial charge is 0.330 e. The third kappa shape index (κ3) is 4.75. The number of pyridine rings is 1. The van der Waals surface area contributed by atoms with Crippen molar-refractivity contribution in [3.8, 4) is 0 Å². The van der Waals surface area contributed by atoms with Crippen molar-refractivity contribution in [3.63, 3.8) is 0 Å². The fourth-order valence-electron chi connectivity index (χ4n) is 3.28. The molecule has 4 nitrogen and oxygen atoms in total. The minimum atomic E-state index is -0.0173. The number of hydrogen-bond donors (Lipinski definition) is 3. The quantitative estimate of drug-likeness (QED) is 0.749. The normalized spacial score (nSPS) is 12.7. The predicted molar refractivity (Wildman–Crippen MR) is 99.9 cm³/mol. The number of hydrogen-bond acceptors (Lipinski definition) is 4. The van der Waals surface area contributed by atoms with Crippen molar-refractivity contribution in [3.05, 3.63) is 28.1 Å².